The van der Waals surface area contributed by atoms with E-state index in [1.165, 1.54) is 0 Å². The standard InChI is InChI=1S/C12H15N3OS/c1-17-8-7-13-9-11-14-15-12(16-11)10-5-3-2-4-6-10/h2-6,13H,7-9H2,1H3. The Morgan fingerprint density at radius 1 is 1.24 bits per heavy atom. The van der Waals surface area contributed by atoms with E-state index in [0.29, 0.717) is 18.3 Å². The van der Waals surface area contributed by atoms with Crippen molar-refractivity contribution in [1.82, 2.24) is 15.5 Å². The van der Waals surface area contributed by atoms with Gasteiger partial charge in [0.2, 0.25) is 11.8 Å². The van der Waals surface area contributed by atoms with Gasteiger partial charge in [0.25, 0.3) is 0 Å². The van der Waals surface area contributed by atoms with Crippen molar-refractivity contribution in [3.8, 4) is 11.5 Å². The lowest BCUT2D eigenvalue weighted by molar-refractivity contribution is 0.482. The summed E-state index contributed by atoms with van der Waals surface area (Å²) in [5.41, 5.74) is 0.954. The number of nitrogens with zero attached hydrogens (tertiary/aromatic N) is 2. The maximum Gasteiger partial charge on any atom is 0.247 e. The molecule has 2 rings (SSSR count). The number of hydrogen-bond donors (Lipinski definition) is 1. The highest BCUT2D eigenvalue weighted by Crippen LogP contribution is 2.16. The molecule has 0 fully saturated rings. The van der Waals surface area contributed by atoms with Crippen molar-refractivity contribution in [2.75, 3.05) is 18.6 Å². The number of nitrogens with one attached hydrogen (secondary N) is 1. The van der Waals surface area contributed by atoms with Gasteiger partial charge in [-0.15, -0.1) is 10.2 Å². The first-order chi connectivity index (χ1) is 8.40. The third-order valence-electron chi connectivity index (χ3n) is 2.25. The van der Waals surface area contributed by atoms with Crippen LogP contribution in [0.3, 0.4) is 0 Å². The normalized spacial score (nSPS) is 10.6. The lowest BCUT2D eigenvalue weighted by atomic mass is 10.2. The maximum absolute atomic E-state index is 5.56. The van der Waals surface area contributed by atoms with Crippen molar-refractivity contribution < 1.29 is 4.42 Å². The highest BCUT2D eigenvalue weighted by atomic mass is 32.2. The van der Waals surface area contributed by atoms with E-state index in [1.807, 2.05) is 42.1 Å². The van der Waals surface area contributed by atoms with Gasteiger partial charge in [-0.05, 0) is 18.4 Å². The summed E-state index contributed by atoms with van der Waals surface area (Å²) in [4.78, 5) is 0. The summed E-state index contributed by atoms with van der Waals surface area (Å²) in [6.45, 7) is 1.57. The van der Waals surface area contributed by atoms with E-state index < -0.39 is 0 Å². The molecule has 17 heavy (non-hydrogen) atoms. The van der Waals surface area contributed by atoms with Crippen LogP contribution >= 0.6 is 11.8 Å². The van der Waals surface area contributed by atoms with Crippen molar-refractivity contribution in [2.45, 2.75) is 6.54 Å². The molecule has 1 aromatic carbocycles. The molecule has 1 N–H and O–H groups in total. The monoisotopic (exact) mass is 249 g/mol. The van der Waals surface area contributed by atoms with Gasteiger partial charge in [-0.1, -0.05) is 18.2 Å². The Morgan fingerprint density at radius 3 is 2.82 bits per heavy atom. The fourth-order valence-electron chi connectivity index (χ4n) is 1.39. The van der Waals surface area contributed by atoms with Gasteiger partial charge < -0.3 is 9.73 Å². The molecular weight excluding hydrogens is 234 g/mol. The van der Waals surface area contributed by atoms with Crippen molar-refractivity contribution in [2.24, 2.45) is 0 Å². The Balaban J connectivity index is 1.92. The van der Waals surface area contributed by atoms with Crippen LogP contribution in [0.25, 0.3) is 11.5 Å². The first-order valence-electron chi connectivity index (χ1n) is 5.47. The molecule has 0 saturated carbocycles. The molecule has 0 aliphatic heterocycles. The third-order valence-corrected chi connectivity index (χ3v) is 2.86. The van der Waals surface area contributed by atoms with Crippen LogP contribution in [0.15, 0.2) is 34.7 Å². The molecule has 0 unspecified atom stereocenters. The molecule has 0 atom stereocenters. The molecule has 0 aliphatic carbocycles. The van der Waals surface area contributed by atoms with E-state index >= 15 is 0 Å². The predicted octanol–water partition coefficient (Wildman–Crippen LogP) is 2.19. The van der Waals surface area contributed by atoms with Crippen molar-refractivity contribution in [1.29, 1.82) is 0 Å². The zero-order valence-corrected chi connectivity index (χ0v) is 10.5. The zero-order valence-electron chi connectivity index (χ0n) is 9.72. The highest BCUT2D eigenvalue weighted by molar-refractivity contribution is 7.98. The summed E-state index contributed by atoms with van der Waals surface area (Å²) in [5, 5.41) is 11.3. The number of aromatic nitrogens is 2. The van der Waals surface area contributed by atoms with E-state index in [2.05, 4.69) is 21.8 Å². The largest absolute Gasteiger partial charge is 0.419 e. The fourth-order valence-corrected chi connectivity index (χ4v) is 1.74. The average molecular weight is 249 g/mol. The molecule has 0 bridgehead atoms. The van der Waals surface area contributed by atoms with Crippen LogP contribution < -0.4 is 5.32 Å². The van der Waals surface area contributed by atoms with Crippen LogP contribution in [-0.4, -0.2) is 28.8 Å². The molecule has 5 heteroatoms. The fraction of sp³-hybridized carbons (Fsp3) is 0.333. The van der Waals surface area contributed by atoms with E-state index in [0.717, 1.165) is 17.9 Å². The quantitative estimate of drug-likeness (QED) is 0.795. The molecule has 90 valence electrons. The van der Waals surface area contributed by atoms with E-state index in [-0.39, 0.29) is 0 Å². The minimum Gasteiger partial charge on any atom is -0.419 e. The van der Waals surface area contributed by atoms with Gasteiger partial charge in [0, 0.05) is 17.9 Å². The minimum atomic E-state index is 0.576. The van der Waals surface area contributed by atoms with Gasteiger partial charge in [-0.3, -0.25) is 0 Å². The second-order valence-corrected chi connectivity index (χ2v) is 4.52. The SMILES string of the molecule is CSCCNCc1nnc(-c2ccccc2)o1. The molecule has 2 aromatic rings. The van der Waals surface area contributed by atoms with Crippen LogP contribution in [0.4, 0.5) is 0 Å². The molecule has 1 heterocycles. The van der Waals surface area contributed by atoms with Crippen LogP contribution in [0.2, 0.25) is 0 Å². The van der Waals surface area contributed by atoms with Crippen LogP contribution in [0.5, 0.6) is 0 Å². The Bertz CT molecular complexity index is 444. The lowest BCUT2D eigenvalue weighted by Gasteiger charge is -1.98. The Labute approximate surface area is 105 Å². The van der Waals surface area contributed by atoms with Crippen LogP contribution in [-0.2, 0) is 6.54 Å². The molecule has 0 aliphatic rings. The second-order valence-electron chi connectivity index (χ2n) is 3.54. The van der Waals surface area contributed by atoms with Gasteiger partial charge in [-0.25, -0.2) is 0 Å². The minimum absolute atomic E-state index is 0.576. The highest BCUT2D eigenvalue weighted by Gasteiger charge is 2.06. The Kier molecular flexibility index (Phi) is 4.58. The first kappa shape index (κ1) is 12.1. The molecule has 0 radical (unpaired) electrons. The Hall–Kier alpha value is -1.33. The van der Waals surface area contributed by atoms with Crippen molar-refractivity contribution >= 4 is 11.8 Å². The first-order valence-corrected chi connectivity index (χ1v) is 6.87. The van der Waals surface area contributed by atoms with E-state index in [4.69, 9.17) is 4.42 Å². The summed E-state index contributed by atoms with van der Waals surface area (Å²) in [6.07, 6.45) is 2.09. The van der Waals surface area contributed by atoms with Gasteiger partial charge in [-0.2, -0.15) is 11.8 Å². The second kappa shape index (κ2) is 6.42. The molecule has 0 spiro atoms. The van der Waals surface area contributed by atoms with Crippen LogP contribution in [0, 0.1) is 0 Å². The molecular formula is C12H15N3OS. The average Bonchev–Trinajstić information content (AvgIpc) is 2.85. The summed E-state index contributed by atoms with van der Waals surface area (Å²) >= 11 is 1.81. The summed E-state index contributed by atoms with van der Waals surface area (Å²) in [6, 6.07) is 9.79. The number of hydrogen-bond acceptors (Lipinski definition) is 5. The van der Waals surface area contributed by atoms with E-state index in [9.17, 15) is 0 Å². The van der Waals surface area contributed by atoms with Crippen molar-refractivity contribution in [3.05, 3.63) is 36.2 Å². The maximum atomic E-state index is 5.56. The molecule has 4 nitrogen and oxygen atoms in total. The Morgan fingerprint density at radius 2 is 2.06 bits per heavy atom. The van der Waals surface area contributed by atoms with Crippen molar-refractivity contribution in [3.63, 3.8) is 0 Å². The predicted molar refractivity (Wildman–Crippen MR) is 69.8 cm³/mol. The van der Waals surface area contributed by atoms with Gasteiger partial charge in [0.1, 0.15) is 0 Å². The van der Waals surface area contributed by atoms with Gasteiger partial charge in [0.05, 0.1) is 6.54 Å². The smallest absolute Gasteiger partial charge is 0.247 e. The van der Waals surface area contributed by atoms with Gasteiger partial charge in [0.15, 0.2) is 0 Å². The summed E-state index contributed by atoms with van der Waals surface area (Å²) < 4.78 is 5.56. The van der Waals surface area contributed by atoms with Crippen LogP contribution in [0.1, 0.15) is 5.89 Å². The molecule has 1 aromatic heterocycles. The summed E-state index contributed by atoms with van der Waals surface area (Å²) in [7, 11) is 0. The number of thioether (sulfide) groups is 1. The molecule has 0 saturated heterocycles. The lowest BCUT2D eigenvalue weighted by Crippen LogP contribution is -2.16. The zero-order chi connectivity index (χ0) is 11.9. The van der Waals surface area contributed by atoms with Gasteiger partial charge >= 0.3 is 0 Å². The summed E-state index contributed by atoms with van der Waals surface area (Å²) in [5.74, 6) is 2.29. The van der Waals surface area contributed by atoms with E-state index in [1.54, 1.807) is 0 Å². The number of benzene rings is 1. The third kappa shape index (κ3) is 3.57. The topological polar surface area (TPSA) is 51.0 Å². The molecule has 0 amide bonds. The number of rotatable bonds is 6.